The summed E-state index contributed by atoms with van der Waals surface area (Å²) < 4.78 is 5.35. The lowest BCUT2D eigenvalue weighted by Gasteiger charge is -2.29. The zero-order valence-corrected chi connectivity index (χ0v) is 15.4. The number of hydrogen-bond donors (Lipinski definition) is 2. The predicted molar refractivity (Wildman–Crippen MR) is 92.0 cm³/mol. The fourth-order valence-corrected chi connectivity index (χ4v) is 2.89. The largest absolute Gasteiger partial charge is 0.444 e. The molecule has 1 saturated carbocycles. The topological polar surface area (TPSA) is 50.4 Å². The summed E-state index contributed by atoms with van der Waals surface area (Å²) in [5.74, 6) is 2.07. The Bertz CT molecular complexity index is 328. The summed E-state index contributed by atoms with van der Waals surface area (Å²) in [5.41, 5.74) is -0.447. The first-order valence-electron chi connectivity index (χ1n) is 8.87. The Balaban J connectivity index is 2.30. The van der Waals surface area contributed by atoms with Gasteiger partial charge in [0.1, 0.15) is 5.60 Å². The van der Waals surface area contributed by atoms with Crippen LogP contribution in [0.5, 0.6) is 0 Å². The molecule has 0 aromatic heterocycles. The van der Waals surface area contributed by atoms with Gasteiger partial charge in [0, 0.05) is 12.6 Å². The fourth-order valence-electron chi connectivity index (χ4n) is 2.89. The van der Waals surface area contributed by atoms with Crippen LogP contribution in [0.2, 0.25) is 0 Å². The van der Waals surface area contributed by atoms with Gasteiger partial charge in [-0.05, 0) is 57.9 Å². The van der Waals surface area contributed by atoms with E-state index in [0.717, 1.165) is 24.9 Å². The molecule has 1 fully saturated rings. The smallest absolute Gasteiger partial charge is 0.407 e. The standard InChI is InChI=1S/C18H36N2O2/c1-13(2)16(20-17(21)22-18(4,5)6)12-19-11-15-9-7-14(3)8-10-15/h13-16,19H,7-12H2,1-6H3,(H,20,21). The minimum absolute atomic E-state index is 0.109. The molecule has 130 valence electrons. The lowest BCUT2D eigenvalue weighted by molar-refractivity contribution is 0.0489. The van der Waals surface area contributed by atoms with Gasteiger partial charge in [0.2, 0.25) is 0 Å². The van der Waals surface area contributed by atoms with E-state index < -0.39 is 5.60 Å². The van der Waals surface area contributed by atoms with Gasteiger partial charge in [-0.25, -0.2) is 4.79 Å². The maximum Gasteiger partial charge on any atom is 0.407 e. The summed E-state index contributed by atoms with van der Waals surface area (Å²) in [4.78, 5) is 11.9. The average molecular weight is 312 g/mol. The molecule has 1 atom stereocenters. The monoisotopic (exact) mass is 312 g/mol. The second-order valence-electron chi connectivity index (χ2n) is 8.28. The quantitative estimate of drug-likeness (QED) is 0.780. The van der Waals surface area contributed by atoms with Crippen molar-refractivity contribution in [1.29, 1.82) is 0 Å². The first kappa shape index (κ1) is 19.3. The number of carbonyl (C=O) groups excluding carboxylic acids is 1. The Morgan fingerprint density at radius 2 is 1.77 bits per heavy atom. The van der Waals surface area contributed by atoms with E-state index in [1.807, 2.05) is 20.8 Å². The highest BCUT2D eigenvalue weighted by Crippen LogP contribution is 2.27. The van der Waals surface area contributed by atoms with Crippen molar-refractivity contribution in [3.05, 3.63) is 0 Å². The molecule has 0 aromatic rings. The highest BCUT2D eigenvalue weighted by Gasteiger charge is 2.22. The number of hydrogen-bond acceptors (Lipinski definition) is 3. The van der Waals surface area contributed by atoms with Gasteiger partial charge in [-0.15, -0.1) is 0 Å². The molecule has 0 radical (unpaired) electrons. The van der Waals surface area contributed by atoms with Crippen LogP contribution in [0.25, 0.3) is 0 Å². The molecule has 1 aliphatic carbocycles. The molecular weight excluding hydrogens is 276 g/mol. The zero-order chi connectivity index (χ0) is 16.8. The van der Waals surface area contributed by atoms with Gasteiger partial charge in [0.15, 0.2) is 0 Å². The minimum atomic E-state index is -0.447. The van der Waals surface area contributed by atoms with Crippen LogP contribution in [0.1, 0.15) is 67.2 Å². The van der Waals surface area contributed by atoms with Crippen molar-refractivity contribution < 1.29 is 9.53 Å². The van der Waals surface area contributed by atoms with E-state index in [4.69, 9.17) is 4.74 Å². The summed E-state index contributed by atoms with van der Waals surface area (Å²) in [6.45, 7) is 14.1. The van der Waals surface area contributed by atoms with Gasteiger partial charge < -0.3 is 15.4 Å². The maximum atomic E-state index is 11.9. The first-order valence-corrected chi connectivity index (χ1v) is 8.87. The summed E-state index contributed by atoms with van der Waals surface area (Å²) >= 11 is 0. The van der Waals surface area contributed by atoms with Crippen LogP contribution in [0.3, 0.4) is 0 Å². The molecule has 1 unspecified atom stereocenters. The van der Waals surface area contributed by atoms with Crippen molar-refractivity contribution in [1.82, 2.24) is 10.6 Å². The van der Waals surface area contributed by atoms with E-state index in [-0.39, 0.29) is 12.1 Å². The van der Waals surface area contributed by atoms with E-state index in [0.29, 0.717) is 5.92 Å². The van der Waals surface area contributed by atoms with Crippen LogP contribution in [-0.2, 0) is 4.74 Å². The Hall–Kier alpha value is -0.770. The lowest BCUT2D eigenvalue weighted by Crippen LogP contribution is -2.47. The summed E-state index contributed by atoms with van der Waals surface area (Å²) in [6.07, 6.45) is 5.06. The Labute approximate surface area is 136 Å². The summed E-state index contributed by atoms with van der Waals surface area (Å²) in [6, 6.07) is 0.109. The maximum absolute atomic E-state index is 11.9. The molecule has 4 heteroatoms. The lowest BCUT2D eigenvalue weighted by atomic mass is 9.83. The van der Waals surface area contributed by atoms with Gasteiger partial charge in [-0.2, -0.15) is 0 Å². The number of nitrogens with one attached hydrogen (secondary N) is 2. The van der Waals surface area contributed by atoms with Gasteiger partial charge in [-0.1, -0.05) is 33.6 Å². The second kappa shape index (κ2) is 8.76. The van der Waals surface area contributed by atoms with E-state index in [1.54, 1.807) is 0 Å². The molecule has 0 saturated heterocycles. The van der Waals surface area contributed by atoms with E-state index in [1.165, 1.54) is 25.7 Å². The van der Waals surface area contributed by atoms with Crippen LogP contribution in [0, 0.1) is 17.8 Å². The molecule has 2 N–H and O–H groups in total. The molecule has 0 heterocycles. The molecule has 0 aliphatic heterocycles. The Morgan fingerprint density at radius 3 is 2.27 bits per heavy atom. The van der Waals surface area contributed by atoms with Gasteiger partial charge in [0.05, 0.1) is 0 Å². The summed E-state index contributed by atoms with van der Waals surface area (Å²) in [5, 5.41) is 6.54. The highest BCUT2D eigenvalue weighted by atomic mass is 16.6. The van der Waals surface area contributed by atoms with Gasteiger partial charge >= 0.3 is 6.09 Å². The second-order valence-corrected chi connectivity index (χ2v) is 8.28. The van der Waals surface area contributed by atoms with Gasteiger partial charge in [-0.3, -0.25) is 0 Å². The summed E-state index contributed by atoms with van der Waals surface area (Å²) in [7, 11) is 0. The SMILES string of the molecule is CC1CCC(CNCC(NC(=O)OC(C)(C)C)C(C)C)CC1. The highest BCUT2D eigenvalue weighted by molar-refractivity contribution is 5.68. The van der Waals surface area contributed by atoms with Gasteiger partial charge in [0.25, 0.3) is 0 Å². The normalized spacial score (nSPS) is 24.1. The third-order valence-electron chi connectivity index (χ3n) is 4.44. The number of amides is 1. The number of alkyl carbamates (subject to hydrolysis) is 1. The molecule has 22 heavy (non-hydrogen) atoms. The van der Waals surface area contributed by atoms with E-state index >= 15 is 0 Å². The van der Waals surface area contributed by atoms with Crippen LogP contribution in [0.4, 0.5) is 4.79 Å². The van der Waals surface area contributed by atoms with Crippen molar-refractivity contribution in [2.75, 3.05) is 13.1 Å². The van der Waals surface area contributed by atoms with Crippen molar-refractivity contribution in [3.8, 4) is 0 Å². The molecule has 0 spiro atoms. The van der Waals surface area contributed by atoms with Crippen LogP contribution in [0.15, 0.2) is 0 Å². The van der Waals surface area contributed by atoms with Crippen molar-refractivity contribution in [2.45, 2.75) is 78.9 Å². The Morgan fingerprint density at radius 1 is 1.18 bits per heavy atom. The van der Waals surface area contributed by atoms with E-state index in [9.17, 15) is 4.79 Å². The first-order chi connectivity index (χ1) is 10.2. The predicted octanol–water partition coefficient (Wildman–Crippen LogP) is 3.95. The zero-order valence-electron chi connectivity index (χ0n) is 15.4. The molecular formula is C18H36N2O2. The molecule has 1 amide bonds. The number of rotatable bonds is 6. The van der Waals surface area contributed by atoms with Crippen LogP contribution < -0.4 is 10.6 Å². The van der Waals surface area contributed by atoms with Crippen LogP contribution in [-0.4, -0.2) is 30.8 Å². The molecule has 4 nitrogen and oxygen atoms in total. The Kier molecular flexibility index (Phi) is 7.67. The number of ether oxygens (including phenoxy) is 1. The van der Waals surface area contributed by atoms with Crippen LogP contribution >= 0.6 is 0 Å². The average Bonchev–Trinajstić information content (AvgIpc) is 2.37. The molecule has 1 aliphatic rings. The minimum Gasteiger partial charge on any atom is -0.444 e. The third-order valence-corrected chi connectivity index (χ3v) is 4.44. The molecule has 0 aromatic carbocycles. The van der Waals surface area contributed by atoms with Crippen molar-refractivity contribution >= 4 is 6.09 Å². The fraction of sp³-hybridized carbons (Fsp3) is 0.944. The molecule has 0 bridgehead atoms. The third kappa shape index (κ3) is 8.02. The molecule has 1 rings (SSSR count). The number of carbonyl (C=O) groups is 1. The van der Waals surface area contributed by atoms with Crippen molar-refractivity contribution in [2.24, 2.45) is 17.8 Å². The van der Waals surface area contributed by atoms with E-state index in [2.05, 4.69) is 31.4 Å². The van der Waals surface area contributed by atoms with Crippen molar-refractivity contribution in [3.63, 3.8) is 0 Å².